The molecule has 0 radical (unpaired) electrons. The highest BCUT2D eigenvalue weighted by Crippen LogP contribution is 2.31. The van der Waals surface area contributed by atoms with Crippen molar-refractivity contribution in [3.63, 3.8) is 0 Å². The van der Waals surface area contributed by atoms with Crippen LogP contribution in [0.15, 0.2) is 0 Å². The van der Waals surface area contributed by atoms with Gasteiger partial charge in [-0.05, 0) is 0 Å². The molecule has 0 bridgehead atoms. The van der Waals surface area contributed by atoms with E-state index in [1.165, 1.54) is 0 Å². The van der Waals surface area contributed by atoms with E-state index in [1.807, 2.05) is 0 Å². The number of carbonyl (C=O) groups excluding carboxylic acids is 1. The van der Waals surface area contributed by atoms with Crippen LogP contribution in [0.25, 0.3) is 0 Å². The van der Waals surface area contributed by atoms with Crippen LogP contribution in [0, 0.1) is 0 Å². The van der Waals surface area contributed by atoms with E-state index in [0.717, 1.165) is 6.92 Å². The van der Waals surface area contributed by atoms with Crippen LogP contribution in [0.5, 0.6) is 0 Å². The molecule has 0 aromatic carbocycles. The molecule has 0 aromatic heterocycles. The summed E-state index contributed by atoms with van der Waals surface area (Å²) in [5.41, 5.74) is 0. The van der Waals surface area contributed by atoms with Gasteiger partial charge in [0.2, 0.25) is 5.91 Å². The summed E-state index contributed by atoms with van der Waals surface area (Å²) in [7, 11) is 0. The van der Waals surface area contributed by atoms with Gasteiger partial charge in [0, 0.05) is 6.92 Å². The molecule has 0 aliphatic carbocycles. The van der Waals surface area contributed by atoms with Crippen molar-refractivity contribution < 1.29 is 79.5 Å². The molecule has 17 nitrogen and oxygen atoms in total. The summed E-state index contributed by atoms with van der Waals surface area (Å²) in [6.07, 6.45) is -22.6. The molecule has 0 aromatic rings. The van der Waals surface area contributed by atoms with Gasteiger partial charge in [0.15, 0.2) is 18.9 Å². The maximum Gasteiger partial charge on any atom is 0.217 e. The fourth-order valence-corrected chi connectivity index (χ4v) is 4.38. The second-order valence-corrected chi connectivity index (χ2v) is 9.11. The predicted molar refractivity (Wildman–Crippen MR) is 113 cm³/mol. The topological polar surface area (TPSA) is 278 Å². The second-order valence-electron chi connectivity index (χ2n) is 9.11. The van der Waals surface area contributed by atoms with Gasteiger partial charge in [-0.15, -0.1) is 0 Å². The minimum atomic E-state index is -1.79. The first-order chi connectivity index (χ1) is 17.4. The van der Waals surface area contributed by atoms with Gasteiger partial charge in [0.1, 0.15) is 73.2 Å². The van der Waals surface area contributed by atoms with Gasteiger partial charge in [-0.3, -0.25) is 4.79 Å². The molecule has 11 N–H and O–H groups in total. The predicted octanol–water partition coefficient (Wildman–Crippen LogP) is -7.43. The minimum absolute atomic E-state index is 0.609. The number of hydrogen-bond acceptors (Lipinski definition) is 16. The van der Waals surface area contributed by atoms with Crippen LogP contribution in [-0.4, -0.2) is 169 Å². The van der Waals surface area contributed by atoms with E-state index >= 15 is 0 Å². The zero-order valence-corrected chi connectivity index (χ0v) is 19.7. The number of rotatable bonds is 9. The van der Waals surface area contributed by atoms with Gasteiger partial charge in [0.25, 0.3) is 0 Å². The highest BCUT2D eigenvalue weighted by molar-refractivity contribution is 5.73. The van der Waals surface area contributed by atoms with Gasteiger partial charge in [-0.25, -0.2) is 0 Å². The van der Waals surface area contributed by atoms with Gasteiger partial charge >= 0.3 is 0 Å². The van der Waals surface area contributed by atoms with Crippen molar-refractivity contribution in [1.29, 1.82) is 0 Å². The summed E-state index contributed by atoms with van der Waals surface area (Å²) < 4.78 is 27.0. The van der Waals surface area contributed by atoms with Crippen LogP contribution >= 0.6 is 0 Å². The van der Waals surface area contributed by atoms with Crippen LogP contribution in [0.4, 0.5) is 0 Å². The molecule has 216 valence electrons. The van der Waals surface area contributed by atoms with E-state index in [0.29, 0.717) is 0 Å². The van der Waals surface area contributed by atoms with Gasteiger partial charge in [-0.1, -0.05) is 0 Å². The van der Waals surface area contributed by atoms with Crippen molar-refractivity contribution in [2.24, 2.45) is 0 Å². The van der Waals surface area contributed by atoms with Crippen LogP contribution < -0.4 is 5.32 Å². The molecule has 0 spiro atoms. The van der Waals surface area contributed by atoms with Crippen LogP contribution in [0.1, 0.15) is 6.92 Å². The summed E-state index contributed by atoms with van der Waals surface area (Å²) >= 11 is 0. The Morgan fingerprint density at radius 3 is 2.08 bits per heavy atom. The lowest BCUT2D eigenvalue weighted by molar-refractivity contribution is -0.330. The Labute approximate surface area is 210 Å². The summed E-state index contributed by atoms with van der Waals surface area (Å²) in [5.74, 6) is -0.639. The van der Waals surface area contributed by atoms with Crippen molar-refractivity contribution >= 4 is 5.91 Å². The lowest BCUT2D eigenvalue weighted by atomic mass is 9.96. The molecule has 17 heteroatoms. The number of amides is 1. The summed E-state index contributed by atoms with van der Waals surface area (Å²) in [4.78, 5) is 11.6. The van der Waals surface area contributed by atoms with E-state index in [-0.39, 0.29) is 0 Å². The van der Waals surface area contributed by atoms with Gasteiger partial charge in [0.05, 0.1) is 19.8 Å². The average molecular weight is 545 g/mol. The number of aliphatic hydroxyl groups is 10. The Kier molecular flexibility index (Phi) is 10.5. The molecular formula is C20H35NO16. The maximum absolute atomic E-state index is 11.6. The number of carbonyl (C=O) groups is 1. The molecular weight excluding hydrogens is 510 g/mol. The molecule has 15 atom stereocenters. The molecule has 0 saturated carbocycles. The van der Waals surface area contributed by atoms with Crippen molar-refractivity contribution in [1.82, 2.24) is 5.32 Å². The smallest absolute Gasteiger partial charge is 0.217 e. The molecule has 3 rings (SSSR count). The van der Waals surface area contributed by atoms with Crippen LogP contribution in [0.2, 0.25) is 0 Å². The van der Waals surface area contributed by atoms with E-state index in [4.69, 9.17) is 28.8 Å². The second kappa shape index (κ2) is 12.8. The van der Waals surface area contributed by atoms with Gasteiger partial charge < -0.3 is 80.1 Å². The first kappa shape index (κ1) is 30.4. The standard InChI is InChI=1S/C20H35NO16/c1-5(24)21-9-11(27)17(37-20-15(31)13(29)16(36-20)6(25)2-22)8(34-18(9)32)4-33-19-14(30)12(28)10(26)7(3-23)35-19/h6-20,22-23,25-32H,2-4H2,1H3,(H,21,24)/t6-,7+,8+,9+,10-,11+,12-,13-,14+,15-,16+,17+,18-,19+,20+/m0/s1. The SMILES string of the molecule is CC(=O)N[C@@H]1[C@@H](O)[C@H](O[C@H]2O[C@H]([C@@H](O)CO)[C@@H](O)[C@@H]2O)[C@@H](CO[C@@H]2O[C@H](CO)[C@H](O)[C@H](O)[C@H]2O)O[C@@H]1O. The quantitative estimate of drug-likeness (QED) is 0.128. The van der Waals surface area contributed by atoms with Crippen molar-refractivity contribution in [2.75, 3.05) is 19.8 Å². The Bertz CT molecular complexity index is 745. The number of aliphatic hydroxyl groups excluding tert-OH is 10. The molecule has 3 saturated heterocycles. The Morgan fingerprint density at radius 2 is 1.49 bits per heavy atom. The van der Waals surface area contributed by atoms with E-state index in [9.17, 15) is 50.8 Å². The molecule has 37 heavy (non-hydrogen) atoms. The highest BCUT2D eigenvalue weighted by Gasteiger charge is 2.53. The Hall–Kier alpha value is -1.13. The first-order valence-corrected chi connectivity index (χ1v) is 11.6. The number of nitrogens with one attached hydrogen (secondary N) is 1. The lowest BCUT2D eigenvalue weighted by Crippen LogP contribution is -2.66. The Morgan fingerprint density at radius 1 is 0.838 bits per heavy atom. The molecule has 3 aliphatic rings. The third-order valence-electron chi connectivity index (χ3n) is 6.45. The highest BCUT2D eigenvalue weighted by atomic mass is 16.7. The monoisotopic (exact) mass is 545 g/mol. The molecule has 3 heterocycles. The summed E-state index contributed by atoms with van der Waals surface area (Å²) in [6.45, 7) is -1.01. The maximum atomic E-state index is 11.6. The van der Waals surface area contributed by atoms with E-state index in [2.05, 4.69) is 5.32 Å². The normalized spacial score (nSPS) is 47.5. The van der Waals surface area contributed by atoms with Crippen molar-refractivity contribution in [3.8, 4) is 0 Å². The number of ether oxygens (including phenoxy) is 5. The zero-order valence-electron chi connectivity index (χ0n) is 19.7. The third-order valence-corrected chi connectivity index (χ3v) is 6.45. The summed E-state index contributed by atoms with van der Waals surface area (Å²) in [5, 5.41) is 102. The fraction of sp³-hybridized carbons (Fsp3) is 0.950. The van der Waals surface area contributed by atoms with Crippen LogP contribution in [-0.2, 0) is 28.5 Å². The first-order valence-electron chi connectivity index (χ1n) is 11.6. The van der Waals surface area contributed by atoms with Crippen molar-refractivity contribution in [3.05, 3.63) is 0 Å². The minimum Gasteiger partial charge on any atom is -0.394 e. The summed E-state index contributed by atoms with van der Waals surface area (Å²) in [6, 6.07) is -1.42. The molecule has 3 aliphatic heterocycles. The lowest BCUT2D eigenvalue weighted by Gasteiger charge is -2.44. The largest absolute Gasteiger partial charge is 0.394 e. The molecule has 1 amide bonds. The van der Waals surface area contributed by atoms with Crippen molar-refractivity contribution in [2.45, 2.75) is 99.0 Å². The molecule has 0 unspecified atom stereocenters. The molecule has 3 fully saturated rings. The fourth-order valence-electron chi connectivity index (χ4n) is 4.38. The van der Waals surface area contributed by atoms with Crippen LogP contribution in [0.3, 0.4) is 0 Å². The van der Waals surface area contributed by atoms with Gasteiger partial charge in [-0.2, -0.15) is 0 Å². The number of hydrogen-bond donors (Lipinski definition) is 11. The Balaban J connectivity index is 1.76. The zero-order chi connectivity index (χ0) is 27.6. The third kappa shape index (κ3) is 6.55. The average Bonchev–Trinajstić information content (AvgIpc) is 3.14. The van der Waals surface area contributed by atoms with E-state index < -0.39 is 118 Å². The van der Waals surface area contributed by atoms with E-state index in [1.54, 1.807) is 0 Å².